The fraction of sp³-hybridized carbons (Fsp3) is 0.500. The molecule has 0 bridgehead atoms. The van der Waals surface area contributed by atoms with Gasteiger partial charge in [-0.2, -0.15) is 0 Å². The zero-order valence-electron chi connectivity index (χ0n) is 10.2. The van der Waals surface area contributed by atoms with E-state index in [0.717, 1.165) is 10.8 Å². The quantitative estimate of drug-likeness (QED) is 0.888. The van der Waals surface area contributed by atoms with Crippen LogP contribution in [0.5, 0.6) is 0 Å². The lowest BCUT2D eigenvalue weighted by molar-refractivity contribution is 0.0963. The number of hydrogen-bond donors (Lipinski definition) is 1. The van der Waals surface area contributed by atoms with Crippen molar-refractivity contribution in [2.75, 3.05) is 7.05 Å². The first-order valence-corrected chi connectivity index (χ1v) is 7.16. The second-order valence-electron chi connectivity index (χ2n) is 4.48. The third-order valence-corrected chi connectivity index (χ3v) is 4.55. The average molecular weight is 249 g/mol. The highest BCUT2D eigenvalue weighted by Crippen LogP contribution is 2.33. The molecule has 92 valence electrons. The lowest BCUT2D eigenvalue weighted by atomic mass is 10.0. The molecule has 17 heavy (non-hydrogen) atoms. The summed E-state index contributed by atoms with van der Waals surface area (Å²) in [5.74, 6) is -0.0146. The van der Waals surface area contributed by atoms with E-state index in [9.17, 15) is 4.79 Å². The fourth-order valence-electron chi connectivity index (χ4n) is 2.20. The van der Waals surface area contributed by atoms with E-state index in [0.29, 0.717) is 0 Å². The maximum absolute atomic E-state index is 11.4. The maximum Gasteiger partial charge on any atom is 0.251 e. The minimum Gasteiger partial charge on any atom is -0.355 e. The molecule has 0 spiro atoms. The van der Waals surface area contributed by atoms with E-state index in [-0.39, 0.29) is 5.91 Å². The molecule has 3 heteroatoms. The number of benzene rings is 1. The largest absolute Gasteiger partial charge is 0.355 e. The minimum absolute atomic E-state index is 0.0146. The molecule has 1 saturated carbocycles. The van der Waals surface area contributed by atoms with Crippen molar-refractivity contribution in [3.05, 3.63) is 29.8 Å². The van der Waals surface area contributed by atoms with Gasteiger partial charge in [-0.25, -0.2) is 0 Å². The summed E-state index contributed by atoms with van der Waals surface area (Å²) in [7, 11) is 1.66. The van der Waals surface area contributed by atoms with E-state index in [1.165, 1.54) is 37.0 Å². The van der Waals surface area contributed by atoms with Crippen molar-refractivity contribution >= 4 is 17.7 Å². The summed E-state index contributed by atoms with van der Waals surface area (Å²) < 4.78 is 0. The van der Waals surface area contributed by atoms with E-state index in [4.69, 9.17) is 0 Å². The Morgan fingerprint density at radius 2 is 1.82 bits per heavy atom. The molecule has 0 heterocycles. The smallest absolute Gasteiger partial charge is 0.251 e. The first-order chi connectivity index (χ1) is 8.29. The predicted molar refractivity (Wildman–Crippen MR) is 72.6 cm³/mol. The normalized spacial score (nSPS) is 16.8. The number of carbonyl (C=O) groups is 1. The molecule has 1 aromatic carbocycles. The minimum atomic E-state index is -0.0146. The fourth-order valence-corrected chi connectivity index (χ4v) is 3.45. The van der Waals surface area contributed by atoms with Crippen LogP contribution in [0.3, 0.4) is 0 Å². The maximum atomic E-state index is 11.4. The van der Waals surface area contributed by atoms with Crippen LogP contribution in [-0.2, 0) is 0 Å². The summed E-state index contributed by atoms with van der Waals surface area (Å²) >= 11 is 1.96. The molecule has 0 aromatic heterocycles. The molecule has 1 N–H and O–H groups in total. The van der Waals surface area contributed by atoms with Crippen LogP contribution in [-0.4, -0.2) is 18.2 Å². The molecule has 0 radical (unpaired) electrons. The van der Waals surface area contributed by atoms with Gasteiger partial charge in [-0.1, -0.05) is 19.3 Å². The molecular formula is C14H19NOS. The van der Waals surface area contributed by atoms with Gasteiger partial charge in [0, 0.05) is 22.8 Å². The predicted octanol–water partition coefficient (Wildman–Crippen LogP) is 3.47. The van der Waals surface area contributed by atoms with Crippen LogP contribution in [0.15, 0.2) is 29.2 Å². The molecule has 2 nitrogen and oxygen atoms in total. The number of thioether (sulfide) groups is 1. The molecule has 1 fully saturated rings. The summed E-state index contributed by atoms with van der Waals surface area (Å²) in [6.45, 7) is 0. The van der Waals surface area contributed by atoms with E-state index in [1.807, 2.05) is 23.9 Å². The monoisotopic (exact) mass is 249 g/mol. The number of nitrogens with one attached hydrogen (secondary N) is 1. The van der Waals surface area contributed by atoms with Crippen LogP contribution in [0.4, 0.5) is 0 Å². The highest BCUT2D eigenvalue weighted by molar-refractivity contribution is 8.00. The van der Waals surface area contributed by atoms with Crippen LogP contribution in [0.25, 0.3) is 0 Å². The van der Waals surface area contributed by atoms with Crippen molar-refractivity contribution in [3.8, 4) is 0 Å². The number of rotatable bonds is 3. The summed E-state index contributed by atoms with van der Waals surface area (Å²) in [5, 5.41) is 3.41. The van der Waals surface area contributed by atoms with Crippen LogP contribution in [0, 0.1) is 0 Å². The van der Waals surface area contributed by atoms with Crippen LogP contribution < -0.4 is 5.32 Å². The standard InChI is InChI=1S/C14H19NOS/c1-15-14(16)11-7-9-13(10-8-11)17-12-5-3-2-4-6-12/h7-10,12H,2-6H2,1H3,(H,15,16). The molecule has 1 aliphatic carbocycles. The van der Waals surface area contributed by atoms with Crippen LogP contribution in [0.2, 0.25) is 0 Å². The Labute approximate surface area is 107 Å². The van der Waals surface area contributed by atoms with Gasteiger partial charge < -0.3 is 5.32 Å². The van der Waals surface area contributed by atoms with Gasteiger partial charge in [0.15, 0.2) is 0 Å². The van der Waals surface area contributed by atoms with E-state index in [1.54, 1.807) is 7.05 Å². The van der Waals surface area contributed by atoms with Gasteiger partial charge in [0.1, 0.15) is 0 Å². The first-order valence-electron chi connectivity index (χ1n) is 6.28. The zero-order valence-corrected chi connectivity index (χ0v) is 11.1. The number of hydrogen-bond acceptors (Lipinski definition) is 2. The molecular weight excluding hydrogens is 230 g/mol. The SMILES string of the molecule is CNC(=O)c1ccc(SC2CCCCC2)cc1. The molecule has 1 amide bonds. The Kier molecular flexibility index (Phi) is 4.49. The number of carbonyl (C=O) groups excluding carboxylic acids is 1. The molecule has 0 aliphatic heterocycles. The molecule has 1 aromatic rings. The highest BCUT2D eigenvalue weighted by atomic mass is 32.2. The van der Waals surface area contributed by atoms with Gasteiger partial charge in [-0.05, 0) is 37.1 Å². The van der Waals surface area contributed by atoms with Crippen molar-refractivity contribution in [1.29, 1.82) is 0 Å². The Balaban J connectivity index is 1.95. The van der Waals surface area contributed by atoms with Gasteiger partial charge in [-0.3, -0.25) is 4.79 Å². The van der Waals surface area contributed by atoms with Crippen LogP contribution in [0.1, 0.15) is 42.5 Å². The third-order valence-electron chi connectivity index (χ3n) is 3.20. The van der Waals surface area contributed by atoms with E-state index >= 15 is 0 Å². The summed E-state index contributed by atoms with van der Waals surface area (Å²) in [5.41, 5.74) is 0.737. The van der Waals surface area contributed by atoms with E-state index < -0.39 is 0 Å². The van der Waals surface area contributed by atoms with Crippen molar-refractivity contribution in [2.45, 2.75) is 42.2 Å². The van der Waals surface area contributed by atoms with Gasteiger partial charge >= 0.3 is 0 Å². The van der Waals surface area contributed by atoms with Crippen molar-refractivity contribution < 1.29 is 4.79 Å². The highest BCUT2D eigenvalue weighted by Gasteiger charge is 2.14. The Morgan fingerprint density at radius 1 is 1.18 bits per heavy atom. The molecule has 0 saturated heterocycles. The lowest BCUT2D eigenvalue weighted by Crippen LogP contribution is -2.17. The van der Waals surface area contributed by atoms with Crippen molar-refractivity contribution in [1.82, 2.24) is 5.32 Å². The molecule has 0 atom stereocenters. The third kappa shape index (κ3) is 3.50. The second-order valence-corrected chi connectivity index (χ2v) is 5.86. The van der Waals surface area contributed by atoms with Gasteiger partial charge in [0.2, 0.25) is 0 Å². The van der Waals surface area contributed by atoms with Crippen molar-refractivity contribution in [3.63, 3.8) is 0 Å². The average Bonchev–Trinajstić information content (AvgIpc) is 2.40. The second kappa shape index (κ2) is 6.10. The van der Waals surface area contributed by atoms with Gasteiger partial charge in [-0.15, -0.1) is 11.8 Å². The van der Waals surface area contributed by atoms with Gasteiger partial charge in [0.05, 0.1) is 0 Å². The summed E-state index contributed by atoms with van der Waals surface area (Å²) in [6, 6.07) is 7.93. The van der Waals surface area contributed by atoms with Crippen LogP contribution >= 0.6 is 11.8 Å². The molecule has 1 aliphatic rings. The Bertz CT molecular complexity index is 368. The zero-order chi connectivity index (χ0) is 12.1. The van der Waals surface area contributed by atoms with E-state index in [2.05, 4.69) is 17.4 Å². The topological polar surface area (TPSA) is 29.1 Å². The first kappa shape index (κ1) is 12.5. The van der Waals surface area contributed by atoms with Gasteiger partial charge in [0.25, 0.3) is 5.91 Å². The van der Waals surface area contributed by atoms with Crippen molar-refractivity contribution in [2.24, 2.45) is 0 Å². The Morgan fingerprint density at radius 3 is 2.41 bits per heavy atom. The Hall–Kier alpha value is -0.960. The summed E-state index contributed by atoms with van der Waals surface area (Å²) in [6.07, 6.45) is 6.80. The lowest BCUT2D eigenvalue weighted by Gasteiger charge is -2.20. The summed E-state index contributed by atoms with van der Waals surface area (Å²) in [4.78, 5) is 12.7. The molecule has 0 unspecified atom stereocenters. The number of amides is 1. The molecule has 2 rings (SSSR count).